The monoisotopic (exact) mass is 852 g/mol. The maximum atomic E-state index is 14.1. The van der Waals surface area contributed by atoms with Crippen molar-refractivity contribution in [1.29, 1.82) is 0 Å². The molecule has 4 aromatic heterocycles. The molecule has 7 heterocycles. The lowest BCUT2D eigenvalue weighted by Gasteiger charge is -2.35. The predicted molar refractivity (Wildman–Crippen MR) is 244 cm³/mol. The van der Waals surface area contributed by atoms with E-state index in [1.807, 2.05) is 97.1 Å². The first-order chi connectivity index (χ1) is 31.3. The Kier molecular flexibility index (Phi) is 9.69. The molecule has 0 unspecified atom stereocenters. The summed E-state index contributed by atoms with van der Waals surface area (Å²) in [6, 6.07) is 30.7. The maximum Gasteiger partial charge on any atom is 0.280 e. The lowest BCUT2D eigenvalue weighted by atomic mass is 10.0. The quantitative estimate of drug-likeness (QED) is 0.119. The number of imide groups is 2. The van der Waals surface area contributed by atoms with Crippen LogP contribution in [0.15, 0.2) is 97.1 Å². The molecule has 0 radical (unpaired) electrons. The number of piperazine rings is 1. The Morgan fingerprint density at radius 2 is 0.906 bits per heavy atom. The van der Waals surface area contributed by atoms with Crippen molar-refractivity contribution in [3.8, 4) is 34.0 Å². The second-order valence-corrected chi connectivity index (χ2v) is 16.6. The zero-order chi connectivity index (χ0) is 43.6. The minimum Gasteiger partial charge on any atom is -0.497 e. The number of nitrogens with one attached hydrogen (secondary N) is 2. The number of methoxy groups -OCH3 is 2. The molecule has 0 saturated carbocycles. The molecular formula is C50H44N8O6. The first-order valence-corrected chi connectivity index (χ1v) is 21.7. The summed E-state index contributed by atoms with van der Waals surface area (Å²) in [5.41, 5.74) is 7.02. The third-order valence-electron chi connectivity index (χ3n) is 13.0. The van der Waals surface area contributed by atoms with E-state index < -0.39 is 0 Å². The first-order valence-electron chi connectivity index (χ1n) is 21.7. The van der Waals surface area contributed by atoms with Gasteiger partial charge >= 0.3 is 0 Å². The molecular weight excluding hydrogens is 809 g/mol. The van der Waals surface area contributed by atoms with Crippen LogP contribution in [0.25, 0.3) is 66.1 Å². The summed E-state index contributed by atoms with van der Waals surface area (Å²) < 4.78 is 11.1. The normalized spacial score (nSPS) is 15.7. The zero-order valence-electron chi connectivity index (χ0n) is 35.4. The second kappa shape index (κ2) is 15.7. The maximum absolute atomic E-state index is 14.1. The average molecular weight is 853 g/mol. The van der Waals surface area contributed by atoms with Crippen LogP contribution in [0.2, 0.25) is 0 Å². The van der Waals surface area contributed by atoms with Crippen molar-refractivity contribution in [2.75, 3.05) is 66.6 Å². The van der Waals surface area contributed by atoms with E-state index >= 15 is 0 Å². The number of carbonyl (C=O) groups excluding carboxylic acids is 4. The summed E-state index contributed by atoms with van der Waals surface area (Å²) in [5.74, 6) is -0.109. The second-order valence-electron chi connectivity index (χ2n) is 16.6. The smallest absolute Gasteiger partial charge is 0.280 e. The standard InChI is InChI=1S/C50H44N8O6/c1-63-31-15-17-35-33(27-31)37-39-45(53-41(43(37)51-35)29-11-5-3-6-12-29)49(61)57(47(39)59)21-9-19-55-23-25-56(26-24-55)20-10-22-58-48(60)40-38-34-28-32(64-2)16-18-36(34)52-44(38)42(54-46(40)50(58)62)30-13-7-4-8-14-30/h3-8,11-18,27-28,51-52H,9-10,19-26H2,1-2H3. The predicted octanol–water partition coefficient (Wildman–Crippen LogP) is 7.39. The summed E-state index contributed by atoms with van der Waals surface area (Å²) in [7, 11) is 3.21. The Labute approximate surface area is 367 Å². The molecule has 320 valence electrons. The number of pyridine rings is 2. The number of H-pyrrole nitrogens is 2. The Morgan fingerprint density at radius 1 is 0.500 bits per heavy atom. The van der Waals surface area contributed by atoms with Gasteiger partial charge in [-0.2, -0.15) is 0 Å². The van der Waals surface area contributed by atoms with E-state index in [0.717, 1.165) is 72.2 Å². The third kappa shape index (κ3) is 6.39. The number of rotatable bonds is 12. The van der Waals surface area contributed by atoms with Gasteiger partial charge in [-0.1, -0.05) is 60.7 Å². The molecule has 0 aliphatic carbocycles. The van der Waals surface area contributed by atoms with Crippen molar-refractivity contribution in [2.45, 2.75) is 12.8 Å². The van der Waals surface area contributed by atoms with Crippen molar-refractivity contribution < 1.29 is 28.7 Å². The molecule has 2 N–H and O–H groups in total. The van der Waals surface area contributed by atoms with Crippen molar-refractivity contribution in [3.05, 3.63) is 120 Å². The van der Waals surface area contributed by atoms with Gasteiger partial charge in [0.15, 0.2) is 0 Å². The highest BCUT2D eigenvalue weighted by Crippen LogP contribution is 2.42. The SMILES string of the molecule is COc1ccc2[nH]c3c(-c4ccccc4)nc4c(c3c2c1)C(=O)N(CCCN1CCN(CCCN2C(=O)c3nc(-c5ccccc5)c5[nH]c6ccc(OC)cc6c5c3C2=O)CC1)C4=O. The molecule has 4 aromatic carbocycles. The van der Waals surface area contributed by atoms with E-state index in [2.05, 4.69) is 19.8 Å². The Bertz CT molecular complexity index is 2990. The number of amides is 4. The largest absolute Gasteiger partial charge is 0.497 e. The van der Waals surface area contributed by atoms with Gasteiger partial charge in [-0.3, -0.25) is 29.0 Å². The summed E-state index contributed by atoms with van der Waals surface area (Å²) in [6.45, 7) is 5.30. The Hall–Kier alpha value is -7.42. The first kappa shape index (κ1) is 39.4. The third-order valence-corrected chi connectivity index (χ3v) is 13.0. The van der Waals surface area contributed by atoms with Crippen molar-refractivity contribution in [3.63, 3.8) is 0 Å². The van der Waals surface area contributed by atoms with Crippen molar-refractivity contribution >= 4 is 67.2 Å². The molecule has 1 saturated heterocycles. The van der Waals surface area contributed by atoms with Gasteiger partial charge in [0.25, 0.3) is 23.6 Å². The molecule has 3 aliphatic rings. The molecule has 3 aliphatic heterocycles. The van der Waals surface area contributed by atoms with Crippen LogP contribution >= 0.6 is 0 Å². The van der Waals surface area contributed by atoms with Gasteiger partial charge in [-0.05, 0) is 62.3 Å². The summed E-state index contributed by atoms with van der Waals surface area (Å²) in [5, 5.41) is 2.97. The minimum atomic E-state index is -0.377. The van der Waals surface area contributed by atoms with E-state index in [9.17, 15) is 19.2 Å². The van der Waals surface area contributed by atoms with Crippen LogP contribution in [0, 0.1) is 0 Å². The van der Waals surface area contributed by atoms with Crippen LogP contribution in [-0.2, 0) is 0 Å². The molecule has 8 aromatic rings. The molecule has 1 fully saturated rings. The lowest BCUT2D eigenvalue weighted by Crippen LogP contribution is -2.47. The fourth-order valence-corrected chi connectivity index (χ4v) is 9.75. The van der Waals surface area contributed by atoms with Crippen LogP contribution in [0.5, 0.6) is 11.5 Å². The highest BCUT2D eigenvalue weighted by atomic mass is 16.5. The van der Waals surface area contributed by atoms with E-state index in [1.54, 1.807) is 14.2 Å². The van der Waals surface area contributed by atoms with E-state index in [4.69, 9.17) is 19.4 Å². The van der Waals surface area contributed by atoms with Crippen LogP contribution in [-0.4, -0.2) is 130 Å². The topological polar surface area (TPSA) is 157 Å². The zero-order valence-corrected chi connectivity index (χ0v) is 35.4. The highest BCUT2D eigenvalue weighted by molar-refractivity contribution is 6.31. The van der Waals surface area contributed by atoms with Gasteiger partial charge in [-0.15, -0.1) is 0 Å². The number of aromatic amines is 2. The lowest BCUT2D eigenvalue weighted by molar-refractivity contribution is 0.0615. The minimum absolute atomic E-state index is 0.176. The van der Waals surface area contributed by atoms with Gasteiger partial charge in [0, 0.05) is 83.0 Å². The molecule has 0 spiro atoms. The van der Waals surface area contributed by atoms with Crippen molar-refractivity contribution in [1.82, 2.24) is 39.5 Å². The van der Waals surface area contributed by atoms with E-state index in [-0.39, 0.29) is 48.1 Å². The fourth-order valence-electron chi connectivity index (χ4n) is 9.75. The van der Waals surface area contributed by atoms with Crippen molar-refractivity contribution in [2.24, 2.45) is 0 Å². The van der Waals surface area contributed by atoms with Gasteiger partial charge in [-0.25, -0.2) is 9.97 Å². The number of ether oxygens (including phenoxy) is 2. The molecule has 14 heteroatoms. The fraction of sp³-hybridized carbons (Fsp3) is 0.240. The summed E-state index contributed by atoms with van der Waals surface area (Å²) in [4.78, 5) is 80.2. The van der Waals surface area contributed by atoms with Crippen LogP contribution in [0.4, 0.5) is 0 Å². The van der Waals surface area contributed by atoms with E-state index in [1.165, 1.54) is 9.80 Å². The number of aromatic nitrogens is 4. The number of nitrogens with zero attached hydrogens (tertiary/aromatic N) is 6. The number of hydrogen-bond donors (Lipinski definition) is 2. The highest BCUT2D eigenvalue weighted by Gasteiger charge is 2.42. The Balaban J connectivity index is 0.734. The molecule has 4 amide bonds. The molecule has 64 heavy (non-hydrogen) atoms. The molecule has 14 nitrogen and oxygen atoms in total. The summed E-state index contributed by atoms with van der Waals surface area (Å²) in [6.07, 6.45) is 1.25. The van der Waals surface area contributed by atoms with Gasteiger partial charge in [0.05, 0.1) is 47.8 Å². The number of hydrogen-bond acceptors (Lipinski definition) is 10. The molecule has 0 bridgehead atoms. The average Bonchev–Trinajstić information content (AvgIpc) is 4.04. The molecule has 0 atom stereocenters. The van der Waals surface area contributed by atoms with Crippen LogP contribution in [0.3, 0.4) is 0 Å². The van der Waals surface area contributed by atoms with Gasteiger partial charge < -0.3 is 29.2 Å². The number of carbonyl (C=O) groups is 4. The number of benzene rings is 4. The van der Waals surface area contributed by atoms with Gasteiger partial charge in [0.2, 0.25) is 0 Å². The Morgan fingerprint density at radius 3 is 1.30 bits per heavy atom. The summed E-state index contributed by atoms with van der Waals surface area (Å²) >= 11 is 0. The van der Waals surface area contributed by atoms with Crippen LogP contribution in [0.1, 0.15) is 54.5 Å². The van der Waals surface area contributed by atoms with Crippen LogP contribution < -0.4 is 9.47 Å². The van der Waals surface area contributed by atoms with E-state index in [0.29, 0.717) is 68.7 Å². The number of fused-ring (bicyclic) bond motifs is 10. The molecule has 11 rings (SSSR count). The van der Waals surface area contributed by atoms with Gasteiger partial charge in [0.1, 0.15) is 22.9 Å².